The Bertz CT molecular complexity index is 945. The Hall–Kier alpha value is -2.35. The second-order valence-corrected chi connectivity index (χ2v) is 8.68. The van der Waals surface area contributed by atoms with Gasteiger partial charge in [0.2, 0.25) is 0 Å². The standard InChI is InChI=1S/C19H29N5O2S/c1-7-20-19(22-12-17-14(3)23-24(5)15(17)4)21-11-16-8-9-18(13(2)10-16)27(6,25)26/h8-10H,7,11-12H2,1-6H3,(H2,20,21,22). The van der Waals surface area contributed by atoms with Gasteiger partial charge in [-0.15, -0.1) is 0 Å². The molecule has 0 atom stereocenters. The molecule has 0 amide bonds. The molecule has 0 saturated carbocycles. The maximum atomic E-state index is 11.7. The van der Waals surface area contributed by atoms with Crippen molar-refractivity contribution in [3.8, 4) is 0 Å². The van der Waals surface area contributed by atoms with Gasteiger partial charge in [0.15, 0.2) is 15.8 Å². The van der Waals surface area contributed by atoms with Gasteiger partial charge in [0.05, 0.1) is 17.1 Å². The van der Waals surface area contributed by atoms with Crippen molar-refractivity contribution < 1.29 is 8.42 Å². The number of aromatic nitrogens is 2. The third-order valence-corrected chi connectivity index (χ3v) is 5.75. The number of nitrogens with one attached hydrogen (secondary N) is 2. The van der Waals surface area contributed by atoms with Gasteiger partial charge >= 0.3 is 0 Å². The molecule has 0 saturated heterocycles. The molecule has 7 nitrogen and oxygen atoms in total. The third-order valence-electron chi connectivity index (χ3n) is 4.49. The highest BCUT2D eigenvalue weighted by molar-refractivity contribution is 7.90. The maximum Gasteiger partial charge on any atom is 0.191 e. The summed E-state index contributed by atoms with van der Waals surface area (Å²) in [5, 5.41) is 11.0. The molecule has 2 N–H and O–H groups in total. The molecular formula is C19H29N5O2S. The van der Waals surface area contributed by atoms with E-state index in [1.165, 1.54) is 6.26 Å². The molecule has 1 aromatic heterocycles. The first-order chi connectivity index (χ1) is 12.6. The first-order valence-corrected chi connectivity index (χ1v) is 10.8. The lowest BCUT2D eigenvalue weighted by Gasteiger charge is -2.12. The molecule has 1 aromatic carbocycles. The van der Waals surface area contributed by atoms with Crippen LogP contribution in [0.15, 0.2) is 28.1 Å². The molecule has 0 radical (unpaired) electrons. The lowest BCUT2D eigenvalue weighted by atomic mass is 10.1. The zero-order valence-corrected chi connectivity index (χ0v) is 17.7. The highest BCUT2D eigenvalue weighted by Crippen LogP contribution is 2.17. The Kier molecular flexibility index (Phi) is 6.64. The Balaban J connectivity index is 2.12. The van der Waals surface area contributed by atoms with E-state index in [0.29, 0.717) is 23.9 Å². The van der Waals surface area contributed by atoms with E-state index < -0.39 is 9.84 Å². The topological polar surface area (TPSA) is 88.4 Å². The van der Waals surface area contributed by atoms with Crippen LogP contribution >= 0.6 is 0 Å². The van der Waals surface area contributed by atoms with Gasteiger partial charge in [-0.1, -0.05) is 12.1 Å². The maximum absolute atomic E-state index is 11.7. The van der Waals surface area contributed by atoms with Crippen molar-refractivity contribution in [1.82, 2.24) is 20.4 Å². The van der Waals surface area contributed by atoms with Crippen LogP contribution in [0.25, 0.3) is 0 Å². The number of aryl methyl sites for hydroxylation is 3. The number of nitrogens with zero attached hydrogens (tertiary/aromatic N) is 3. The van der Waals surface area contributed by atoms with Crippen molar-refractivity contribution in [2.75, 3.05) is 12.8 Å². The molecular weight excluding hydrogens is 362 g/mol. The van der Waals surface area contributed by atoms with E-state index in [-0.39, 0.29) is 0 Å². The second kappa shape index (κ2) is 8.56. The first-order valence-electron chi connectivity index (χ1n) is 8.94. The summed E-state index contributed by atoms with van der Waals surface area (Å²) in [6.45, 7) is 9.73. The predicted molar refractivity (Wildman–Crippen MR) is 109 cm³/mol. The van der Waals surface area contributed by atoms with Crippen molar-refractivity contribution in [2.24, 2.45) is 12.0 Å². The van der Waals surface area contributed by atoms with Crippen molar-refractivity contribution in [3.05, 3.63) is 46.3 Å². The van der Waals surface area contributed by atoms with Gasteiger partial charge in [-0.3, -0.25) is 4.68 Å². The quantitative estimate of drug-likeness (QED) is 0.581. The number of hydrogen-bond donors (Lipinski definition) is 2. The Labute approximate surface area is 161 Å². The minimum atomic E-state index is -3.20. The largest absolute Gasteiger partial charge is 0.357 e. The Morgan fingerprint density at radius 1 is 1.22 bits per heavy atom. The van der Waals surface area contributed by atoms with E-state index in [0.717, 1.165) is 34.6 Å². The average molecular weight is 392 g/mol. The predicted octanol–water partition coefficient (Wildman–Crippen LogP) is 2.00. The van der Waals surface area contributed by atoms with Crippen LogP contribution in [-0.2, 0) is 30.0 Å². The number of sulfone groups is 1. The Morgan fingerprint density at radius 3 is 2.44 bits per heavy atom. The van der Waals surface area contributed by atoms with Gasteiger partial charge < -0.3 is 10.6 Å². The Morgan fingerprint density at radius 2 is 1.93 bits per heavy atom. The van der Waals surface area contributed by atoms with E-state index in [1.807, 2.05) is 44.6 Å². The summed E-state index contributed by atoms with van der Waals surface area (Å²) in [6, 6.07) is 5.34. The number of rotatable bonds is 6. The third kappa shape index (κ3) is 5.32. The monoisotopic (exact) mass is 391 g/mol. The van der Waals surface area contributed by atoms with Crippen LogP contribution in [0.5, 0.6) is 0 Å². The second-order valence-electron chi connectivity index (χ2n) is 6.69. The summed E-state index contributed by atoms with van der Waals surface area (Å²) in [4.78, 5) is 4.98. The molecule has 2 rings (SSSR count). The molecule has 27 heavy (non-hydrogen) atoms. The normalized spacial score (nSPS) is 12.3. The highest BCUT2D eigenvalue weighted by Gasteiger charge is 2.11. The van der Waals surface area contributed by atoms with E-state index in [9.17, 15) is 8.42 Å². The lowest BCUT2D eigenvalue weighted by molar-refractivity contribution is 0.601. The van der Waals surface area contributed by atoms with E-state index in [4.69, 9.17) is 0 Å². The fourth-order valence-corrected chi connectivity index (χ4v) is 3.94. The fraction of sp³-hybridized carbons (Fsp3) is 0.474. The molecule has 2 aromatic rings. The molecule has 0 bridgehead atoms. The first kappa shape index (κ1) is 21.0. The van der Waals surface area contributed by atoms with Crippen LogP contribution < -0.4 is 10.6 Å². The number of benzene rings is 1. The minimum Gasteiger partial charge on any atom is -0.357 e. The van der Waals surface area contributed by atoms with Gasteiger partial charge in [-0.05, 0) is 44.9 Å². The lowest BCUT2D eigenvalue weighted by Crippen LogP contribution is -2.37. The van der Waals surface area contributed by atoms with Gasteiger partial charge in [0.25, 0.3) is 0 Å². The summed E-state index contributed by atoms with van der Waals surface area (Å²) >= 11 is 0. The SMILES string of the molecule is CCNC(=NCc1ccc(S(C)(=O)=O)c(C)c1)NCc1c(C)nn(C)c1C. The van der Waals surface area contributed by atoms with Crippen LogP contribution in [0.4, 0.5) is 0 Å². The van der Waals surface area contributed by atoms with Gasteiger partial charge in [0.1, 0.15) is 0 Å². The van der Waals surface area contributed by atoms with Crippen LogP contribution in [0.2, 0.25) is 0 Å². The van der Waals surface area contributed by atoms with Gasteiger partial charge in [0, 0.05) is 37.7 Å². The van der Waals surface area contributed by atoms with Crippen molar-refractivity contribution in [3.63, 3.8) is 0 Å². The molecule has 0 spiro atoms. The molecule has 0 aliphatic heterocycles. The van der Waals surface area contributed by atoms with Gasteiger partial charge in [-0.25, -0.2) is 13.4 Å². The molecule has 1 heterocycles. The fourth-order valence-electron chi connectivity index (χ4n) is 2.98. The molecule has 8 heteroatoms. The number of hydrogen-bond acceptors (Lipinski definition) is 4. The number of aliphatic imine (C=N–C) groups is 1. The molecule has 0 unspecified atom stereocenters. The molecule has 148 valence electrons. The summed E-state index contributed by atoms with van der Waals surface area (Å²) in [5.41, 5.74) is 5.00. The summed E-state index contributed by atoms with van der Waals surface area (Å²) in [7, 11) is -1.27. The molecule has 0 aliphatic rings. The zero-order valence-electron chi connectivity index (χ0n) is 16.9. The number of guanidine groups is 1. The summed E-state index contributed by atoms with van der Waals surface area (Å²) in [6.07, 6.45) is 1.22. The average Bonchev–Trinajstić information content (AvgIpc) is 2.81. The van der Waals surface area contributed by atoms with Crippen molar-refractivity contribution in [1.29, 1.82) is 0 Å². The van der Waals surface area contributed by atoms with Crippen LogP contribution in [-0.4, -0.2) is 37.0 Å². The summed E-state index contributed by atoms with van der Waals surface area (Å²) in [5.74, 6) is 0.713. The van der Waals surface area contributed by atoms with Crippen molar-refractivity contribution >= 4 is 15.8 Å². The van der Waals surface area contributed by atoms with E-state index in [2.05, 4.69) is 20.7 Å². The highest BCUT2D eigenvalue weighted by atomic mass is 32.2. The summed E-state index contributed by atoms with van der Waals surface area (Å²) < 4.78 is 25.4. The molecule has 0 aliphatic carbocycles. The van der Waals surface area contributed by atoms with Crippen molar-refractivity contribution in [2.45, 2.75) is 45.7 Å². The molecule has 0 fully saturated rings. The van der Waals surface area contributed by atoms with Crippen LogP contribution in [0.1, 0.15) is 35.0 Å². The van der Waals surface area contributed by atoms with E-state index in [1.54, 1.807) is 13.0 Å². The van der Waals surface area contributed by atoms with Crippen LogP contribution in [0, 0.1) is 20.8 Å². The van der Waals surface area contributed by atoms with Crippen LogP contribution in [0.3, 0.4) is 0 Å². The minimum absolute atomic E-state index is 0.364. The van der Waals surface area contributed by atoms with Gasteiger partial charge in [-0.2, -0.15) is 5.10 Å². The zero-order chi connectivity index (χ0) is 20.2. The van der Waals surface area contributed by atoms with E-state index >= 15 is 0 Å². The smallest absolute Gasteiger partial charge is 0.191 e.